The van der Waals surface area contributed by atoms with Crippen molar-refractivity contribution in [2.45, 2.75) is 51.7 Å². The van der Waals surface area contributed by atoms with Crippen molar-refractivity contribution in [3.63, 3.8) is 0 Å². The van der Waals surface area contributed by atoms with E-state index in [0.29, 0.717) is 23.9 Å². The molecule has 6 aromatic rings. The van der Waals surface area contributed by atoms with E-state index >= 15 is 0 Å². The number of nitrogens with one attached hydrogen (secondary N) is 3. The number of nitrogens with zero attached hydrogens (tertiary/aromatic N) is 3. The second-order valence-corrected chi connectivity index (χ2v) is 13.1. The van der Waals surface area contributed by atoms with Gasteiger partial charge in [0.15, 0.2) is 5.78 Å². The minimum Gasteiger partial charge on any atom is -0.328 e. The van der Waals surface area contributed by atoms with Crippen LogP contribution in [0.3, 0.4) is 0 Å². The van der Waals surface area contributed by atoms with Crippen LogP contribution in [-0.4, -0.2) is 55.9 Å². The SMILES string of the molecule is CC(C)NCC(=O)Cc1ccc2[nH]c(=O)n(C3CCN(Cc4ccc(-c5nc6cc[nH]c(=O)c6cc5-c5ccccc5)cc4)CC3)c2c1. The molecule has 0 unspecified atom stereocenters. The number of fused-ring (bicyclic) bond motifs is 2. The zero-order chi connectivity index (χ0) is 33.2. The molecule has 3 aromatic carbocycles. The third kappa shape index (κ3) is 6.65. The minimum absolute atomic E-state index is 0.0919. The molecule has 0 atom stereocenters. The summed E-state index contributed by atoms with van der Waals surface area (Å²) >= 11 is 0. The summed E-state index contributed by atoms with van der Waals surface area (Å²) < 4.78 is 1.90. The molecule has 3 aromatic heterocycles. The van der Waals surface area contributed by atoms with Crippen LogP contribution in [0.25, 0.3) is 44.3 Å². The molecule has 3 N–H and O–H groups in total. The van der Waals surface area contributed by atoms with Gasteiger partial charge in [-0.15, -0.1) is 0 Å². The van der Waals surface area contributed by atoms with Gasteiger partial charge in [-0.05, 0) is 53.8 Å². The molecule has 0 saturated carbocycles. The Labute approximate surface area is 278 Å². The highest BCUT2D eigenvalue weighted by molar-refractivity contribution is 5.91. The predicted molar refractivity (Wildman–Crippen MR) is 191 cm³/mol. The topological polar surface area (TPSA) is 116 Å². The van der Waals surface area contributed by atoms with Gasteiger partial charge in [0, 0.05) is 55.5 Å². The molecule has 0 aliphatic carbocycles. The first kappa shape index (κ1) is 31.5. The van der Waals surface area contributed by atoms with Gasteiger partial charge in [-0.2, -0.15) is 0 Å². The number of H-pyrrole nitrogens is 2. The number of Topliss-reactive ketones (excluding diaryl/α,β-unsaturated/α-hetero) is 1. The van der Waals surface area contributed by atoms with Crippen molar-refractivity contribution < 1.29 is 4.79 Å². The molecule has 9 nitrogen and oxygen atoms in total. The van der Waals surface area contributed by atoms with Gasteiger partial charge in [0.25, 0.3) is 5.56 Å². The Hall–Kier alpha value is -5.12. The van der Waals surface area contributed by atoms with E-state index in [1.165, 1.54) is 5.56 Å². The van der Waals surface area contributed by atoms with Crippen LogP contribution in [-0.2, 0) is 17.8 Å². The molecule has 48 heavy (non-hydrogen) atoms. The van der Waals surface area contributed by atoms with Crippen molar-refractivity contribution in [1.82, 2.24) is 29.7 Å². The van der Waals surface area contributed by atoms with Gasteiger partial charge < -0.3 is 15.3 Å². The first-order valence-corrected chi connectivity index (χ1v) is 16.7. The maximum atomic E-state index is 13.1. The molecule has 0 radical (unpaired) electrons. The number of ketones is 1. The summed E-state index contributed by atoms with van der Waals surface area (Å²) in [7, 11) is 0. The number of likely N-dealkylation sites (tertiary alicyclic amines) is 1. The second-order valence-electron chi connectivity index (χ2n) is 13.1. The van der Waals surface area contributed by atoms with Crippen LogP contribution in [0, 0.1) is 0 Å². The molecule has 4 heterocycles. The molecular formula is C39H40N6O3. The molecule has 1 saturated heterocycles. The third-order valence-corrected chi connectivity index (χ3v) is 9.28. The number of piperidine rings is 1. The van der Waals surface area contributed by atoms with E-state index in [4.69, 9.17) is 4.98 Å². The monoisotopic (exact) mass is 640 g/mol. The first-order chi connectivity index (χ1) is 23.3. The van der Waals surface area contributed by atoms with Gasteiger partial charge >= 0.3 is 5.69 Å². The van der Waals surface area contributed by atoms with E-state index in [0.717, 1.165) is 71.5 Å². The number of carbonyl (C=O) groups is 1. The molecule has 244 valence electrons. The second kappa shape index (κ2) is 13.5. The van der Waals surface area contributed by atoms with Gasteiger partial charge in [0.05, 0.1) is 34.2 Å². The van der Waals surface area contributed by atoms with Crippen LogP contribution in [0.4, 0.5) is 0 Å². The van der Waals surface area contributed by atoms with Gasteiger partial charge in [0.2, 0.25) is 0 Å². The van der Waals surface area contributed by atoms with E-state index in [-0.39, 0.29) is 29.1 Å². The fourth-order valence-corrected chi connectivity index (χ4v) is 6.78. The van der Waals surface area contributed by atoms with Crippen LogP contribution < -0.4 is 16.6 Å². The number of rotatable bonds is 10. The highest BCUT2D eigenvalue weighted by Gasteiger charge is 2.24. The van der Waals surface area contributed by atoms with E-state index < -0.39 is 0 Å². The number of hydrogen-bond donors (Lipinski definition) is 3. The molecule has 1 fully saturated rings. The van der Waals surface area contributed by atoms with Gasteiger partial charge in [-0.3, -0.25) is 19.1 Å². The third-order valence-electron chi connectivity index (χ3n) is 9.28. The zero-order valence-electron chi connectivity index (χ0n) is 27.3. The van der Waals surface area contributed by atoms with E-state index in [2.05, 4.69) is 44.5 Å². The molecule has 1 aliphatic rings. The molecular weight excluding hydrogens is 600 g/mol. The lowest BCUT2D eigenvalue weighted by atomic mass is 9.97. The lowest BCUT2D eigenvalue weighted by molar-refractivity contribution is -0.117. The van der Waals surface area contributed by atoms with Crippen LogP contribution in [0.1, 0.15) is 43.9 Å². The minimum atomic E-state index is -0.149. The summed E-state index contributed by atoms with van der Waals surface area (Å²) in [6.07, 6.45) is 3.72. The van der Waals surface area contributed by atoms with Gasteiger partial charge in [0.1, 0.15) is 0 Å². The van der Waals surface area contributed by atoms with Gasteiger partial charge in [-0.25, -0.2) is 9.78 Å². The summed E-state index contributed by atoms with van der Waals surface area (Å²) in [6, 6.07) is 28.6. The number of pyridine rings is 2. The van der Waals surface area contributed by atoms with Crippen molar-refractivity contribution in [2.24, 2.45) is 0 Å². The molecule has 9 heteroatoms. The Morgan fingerprint density at radius 1 is 0.917 bits per heavy atom. The van der Waals surface area contributed by atoms with Crippen LogP contribution in [0.5, 0.6) is 0 Å². The Morgan fingerprint density at radius 2 is 1.67 bits per heavy atom. The number of aromatic nitrogens is 4. The molecule has 0 bridgehead atoms. The largest absolute Gasteiger partial charge is 0.328 e. The Kier molecular flexibility index (Phi) is 8.88. The molecule has 1 aliphatic heterocycles. The number of aromatic amines is 2. The molecule has 7 rings (SSSR count). The van der Waals surface area contributed by atoms with E-state index in [1.54, 1.807) is 6.20 Å². The van der Waals surface area contributed by atoms with Crippen molar-refractivity contribution in [3.05, 3.63) is 123 Å². The van der Waals surface area contributed by atoms with Crippen molar-refractivity contribution in [3.8, 4) is 22.4 Å². The number of carbonyl (C=O) groups excluding carboxylic acids is 1. The van der Waals surface area contributed by atoms with E-state index in [9.17, 15) is 14.4 Å². The average molecular weight is 641 g/mol. The molecule has 0 amide bonds. The molecule has 0 spiro atoms. The lowest BCUT2D eigenvalue weighted by Crippen LogP contribution is -2.36. The van der Waals surface area contributed by atoms with Crippen LogP contribution >= 0.6 is 0 Å². The maximum Gasteiger partial charge on any atom is 0.326 e. The number of hydrogen-bond acceptors (Lipinski definition) is 6. The van der Waals surface area contributed by atoms with E-state index in [1.807, 2.05) is 79.1 Å². The summed E-state index contributed by atoms with van der Waals surface area (Å²) in [5.41, 5.74) is 8.01. The quantitative estimate of drug-likeness (QED) is 0.173. The summed E-state index contributed by atoms with van der Waals surface area (Å²) in [6.45, 7) is 6.97. The Morgan fingerprint density at radius 3 is 2.42 bits per heavy atom. The smallest absolute Gasteiger partial charge is 0.326 e. The zero-order valence-corrected chi connectivity index (χ0v) is 27.3. The standard InChI is InChI=1S/C39H40N6O3/c1-25(2)41-23-31(46)20-27-10-13-35-36(21-27)45(39(48)43-35)30-15-18-44(19-16-30)24-26-8-11-29(12-9-26)37-32(28-6-4-3-5-7-28)22-33-34(42-37)14-17-40-38(33)47/h3-14,17,21-22,25,30,41H,15-16,18-20,23-24H2,1-2H3,(H,40,47)(H,43,48). The lowest BCUT2D eigenvalue weighted by Gasteiger charge is -2.32. The highest BCUT2D eigenvalue weighted by Crippen LogP contribution is 2.33. The summed E-state index contributed by atoms with van der Waals surface area (Å²) in [4.78, 5) is 51.3. The van der Waals surface area contributed by atoms with Crippen molar-refractivity contribution >= 4 is 27.7 Å². The first-order valence-electron chi connectivity index (χ1n) is 16.7. The number of imidazole rings is 1. The Bertz CT molecular complexity index is 2190. The van der Waals surface area contributed by atoms with Crippen molar-refractivity contribution in [1.29, 1.82) is 0 Å². The van der Waals surface area contributed by atoms with Crippen LogP contribution in [0.2, 0.25) is 0 Å². The maximum absolute atomic E-state index is 13.1. The Balaban J connectivity index is 1.05. The fourth-order valence-electron chi connectivity index (χ4n) is 6.78. The van der Waals surface area contributed by atoms with Crippen molar-refractivity contribution in [2.75, 3.05) is 19.6 Å². The highest BCUT2D eigenvalue weighted by atomic mass is 16.1. The summed E-state index contributed by atoms with van der Waals surface area (Å²) in [5.74, 6) is 0.135. The number of benzene rings is 3. The fraction of sp³-hybridized carbons (Fsp3) is 0.282. The predicted octanol–water partition coefficient (Wildman–Crippen LogP) is 5.85. The van der Waals surface area contributed by atoms with Crippen LogP contribution in [0.15, 0.2) is 101 Å². The average Bonchev–Trinajstić information content (AvgIpc) is 3.43. The normalized spacial score (nSPS) is 14.3. The summed E-state index contributed by atoms with van der Waals surface area (Å²) in [5, 5.41) is 3.76. The van der Waals surface area contributed by atoms with Gasteiger partial charge in [-0.1, -0.05) is 74.5 Å².